The SMILES string of the molecule is CCCNc1nc2c(s1)CC1(CC2)OCCO1. The number of aromatic nitrogens is 1. The van der Waals surface area contributed by atoms with Gasteiger partial charge in [-0.15, -0.1) is 11.3 Å². The van der Waals surface area contributed by atoms with E-state index in [1.165, 1.54) is 10.6 Å². The number of thiazole rings is 1. The lowest BCUT2D eigenvalue weighted by Crippen LogP contribution is -2.36. The molecule has 0 atom stereocenters. The molecule has 0 amide bonds. The van der Waals surface area contributed by atoms with E-state index in [4.69, 9.17) is 9.47 Å². The van der Waals surface area contributed by atoms with Crippen LogP contribution in [0.3, 0.4) is 0 Å². The molecule has 1 spiro atoms. The van der Waals surface area contributed by atoms with Crippen LogP contribution in [0.5, 0.6) is 0 Å². The number of rotatable bonds is 3. The summed E-state index contributed by atoms with van der Waals surface area (Å²) in [5.74, 6) is -0.332. The molecule has 0 saturated carbocycles. The maximum absolute atomic E-state index is 5.76. The highest BCUT2D eigenvalue weighted by Crippen LogP contribution is 2.38. The zero-order chi connectivity index (χ0) is 11.7. The van der Waals surface area contributed by atoms with E-state index in [9.17, 15) is 0 Å². The second-order valence-electron chi connectivity index (χ2n) is 4.60. The van der Waals surface area contributed by atoms with Crippen molar-refractivity contribution in [3.63, 3.8) is 0 Å². The molecule has 2 heterocycles. The molecule has 3 rings (SSSR count). The Morgan fingerprint density at radius 3 is 3.00 bits per heavy atom. The molecule has 1 N–H and O–H groups in total. The van der Waals surface area contributed by atoms with Crippen LogP contribution >= 0.6 is 11.3 Å². The van der Waals surface area contributed by atoms with Crippen molar-refractivity contribution in [1.29, 1.82) is 0 Å². The summed E-state index contributed by atoms with van der Waals surface area (Å²) in [6.07, 6.45) is 3.91. The molecule has 0 bridgehead atoms. The smallest absolute Gasteiger partial charge is 0.183 e. The standard InChI is InChI=1S/C12H18N2O2S/c1-2-5-13-11-14-9-3-4-12(8-10(9)17-11)15-6-7-16-12/h2-8H2,1H3,(H,13,14). The van der Waals surface area contributed by atoms with E-state index in [2.05, 4.69) is 17.2 Å². The molecule has 4 nitrogen and oxygen atoms in total. The highest BCUT2D eigenvalue weighted by Gasteiger charge is 2.41. The van der Waals surface area contributed by atoms with Crippen LogP contribution in [0.15, 0.2) is 0 Å². The summed E-state index contributed by atoms with van der Waals surface area (Å²) in [4.78, 5) is 5.97. The van der Waals surface area contributed by atoms with Crippen molar-refractivity contribution in [2.45, 2.75) is 38.4 Å². The van der Waals surface area contributed by atoms with Crippen molar-refractivity contribution in [2.75, 3.05) is 25.1 Å². The summed E-state index contributed by atoms with van der Waals surface area (Å²) < 4.78 is 11.5. The topological polar surface area (TPSA) is 43.4 Å². The maximum atomic E-state index is 5.76. The Morgan fingerprint density at radius 1 is 1.41 bits per heavy atom. The molecule has 1 saturated heterocycles. The van der Waals surface area contributed by atoms with Crippen LogP contribution in [-0.4, -0.2) is 30.5 Å². The number of anilines is 1. The molecule has 17 heavy (non-hydrogen) atoms. The van der Waals surface area contributed by atoms with E-state index in [1.807, 2.05) is 0 Å². The summed E-state index contributed by atoms with van der Waals surface area (Å²) in [7, 11) is 0. The van der Waals surface area contributed by atoms with Gasteiger partial charge in [-0.1, -0.05) is 6.92 Å². The van der Waals surface area contributed by atoms with Gasteiger partial charge in [0, 0.05) is 24.3 Å². The zero-order valence-electron chi connectivity index (χ0n) is 10.1. The van der Waals surface area contributed by atoms with E-state index < -0.39 is 0 Å². The number of nitrogens with zero attached hydrogens (tertiary/aromatic N) is 1. The van der Waals surface area contributed by atoms with Crippen LogP contribution in [0.4, 0.5) is 5.13 Å². The van der Waals surface area contributed by atoms with E-state index in [0.717, 1.165) is 50.6 Å². The Hall–Kier alpha value is -0.650. The number of nitrogens with one attached hydrogen (secondary N) is 1. The highest BCUT2D eigenvalue weighted by atomic mass is 32.1. The van der Waals surface area contributed by atoms with Gasteiger partial charge in [0.25, 0.3) is 0 Å². The number of aryl methyl sites for hydroxylation is 1. The third-order valence-corrected chi connectivity index (χ3v) is 4.35. The second-order valence-corrected chi connectivity index (χ2v) is 5.68. The number of hydrogen-bond acceptors (Lipinski definition) is 5. The first kappa shape index (κ1) is 11.4. The summed E-state index contributed by atoms with van der Waals surface area (Å²) in [5, 5.41) is 4.40. The molecule has 1 aromatic heterocycles. The number of hydrogen-bond donors (Lipinski definition) is 1. The van der Waals surface area contributed by atoms with Gasteiger partial charge in [-0.3, -0.25) is 0 Å². The Labute approximate surface area is 105 Å². The molecular formula is C12H18N2O2S. The van der Waals surface area contributed by atoms with Crippen molar-refractivity contribution in [3.05, 3.63) is 10.6 Å². The van der Waals surface area contributed by atoms with E-state index in [0.29, 0.717) is 0 Å². The molecule has 1 fully saturated rings. The molecular weight excluding hydrogens is 236 g/mol. The van der Waals surface area contributed by atoms with Gasteiger partial charge in [-0.2, -0.15) is 0 Å². The fourth-order valence-corrected chi connectivity index (χ4v) is 3.53. The van der Waals surface area contributed by atoms with E-state index in [-0.39, 0.29) is 5.79 Å². The average molecular weight is 254 g/mol. The molecule has 1 aliphatic carbocycles. The third kappa shape index (κ3) is 2.19. The fraction of sp³-hybridized carbons (Fsp3) is 0.750. The van der Waals surface area contributed by atoms with Crippen LogP contribution in [0, 0.1) is 0 Å². The zero-order valence-corrected chi connectivity index (χ0v) is 10.9. The van der Waals surface area contributed by atoms with Crippen LogP contribution < -0.4 is 5.32 Å². The van der Waals surface area contributed by atoms with Crippen LogP contribution in [0.2, 0.25) is 0 Å². The van der Waals surface area contributed by atoms with Gasteiger partial charge in [0.15, 0.2) is 10.9 Å². The molecule has 94 valence electrons. The van der Waals surface area contributed by atoms with Crippen LogP contribution in [0.1, 0.15) is 30.3 Å². The van der Waals surface area contributed by atoms with Crippen molar-refractivity contribution in [3.8, 4) is 0 Å². The Morgan fingerprint density at radius 2 is 2.24 bits per heavy atom. The van der Waals surface area contributed by atoms with Gasteiger partial charge in [0.2, 0.25) is 0 Å². The predicted molar refractivity (Wildman–Crippen MR) is 67.6 cm³/mol. The lowest BCUT2D eigenvalue weighted by Gasteiger charge is -2.30. The summed E-state index contributed by atoms with van der Waals surface area (Å²) in [5.41, 5.74) is 1.23. The monoisotopic (exact) mass is 254 g/mol. The molecule has 0 radical (unpaired) electrons. The Bertz CT molecular complexity index is 399. The normalized spacial score (nSPS) is 21.7. The fourth-order valence-electron chi connectivity index (χ4n) is 2.41. The Balaban J connectivity index is 1.75. The minimum absolute atomic E-state index is 0.332. The first-order chi connectivity index (χ1) is 8.31. The number of fused-ring (bicyclic) bond motifs is 1. The lowest BCUT2D eigenvalue weighted by molar-refractivity contribution is -0.163. The van der Waals surface area contributed by atoms with Crippen LogP contribution in [-0.2, 0) is 22.3 Å². The minimum atomic E-state index is -0.332. The largest absolute Gasteiger partial charge is 0.362 e. The first-order valence-corrected chi connectivity index (χ1v) is 7.13. The van der Waals surface area contributed by atoms with Crippen LogP contribution in [0.25, 0.3) is 0 Å². The minimum Gasteiger partial charge on any atom is -0.362 e. The first-order valence-electron chi connectivity index (χ1n) is 6.32. The van der Waals surface area contributed by atoms with Crippen molar-refractivity contribution < 1.29 is 9.47 Å². The maximum Gasteiger partial charge on any atom is 0.183 e. The van der Waals surface area contributed by atoms with Crippen molar-refractivity contribution in [1.82, 2.24) is 4.98 Å². The molecule has 2 aliphatic rings. The summed E-state index contributed by atoms with van der Waals surface area (Å²) in [6.45, 7) is 4.62. The second kappa shape index (κ2) is 4.55. The van der Waals surface area contributed by atoms with Gasteiger partial charge in [0.05, 0.1) is 18.9 Å². The van der Waals surface area contributed by atoms with E-state index >= 15 is 0 Å². The molecule has 0 aromatic carbocycles. The van der Waals surface area contributed by atoms with Crippen molar-refractivity contribution >= 4 is 16.5 Å². The quantitative estimate of drug-likeness (QED) is 0.898. The highest BCUT2D eigenvalue weighted by molar-refractivity contribution is 7.15. The van der Waals surface area contributed by atoms with Gasteiger partial charge in [0.1, 0.15) is 0 Å². The van der Waals surface area contributed by atoms with E-state index in [1.54, 1.807) is 11.3 Å². The van der Waals surface area contributed by atoms with Crippen molar-refractivity contribution in [2.24, 2.45) is 0 Å². The predicted octanol–water partition coefficient (Wildman–Crippen LogP) is 2.20. The van der Waals surface area contributed by atoms with Gasteiger partial charge in [-0.05, 0) is 12.8 Å². The molecule has 1 aromatic rings. The molecule has 0 unspecified atom stereocenters. The average Bonchev–Trinajstić information content (AvgIpc) is 2.93. The summed E-state index contributed by atoms with van der Waals surface area (Å²) >= 11 is 1.75. The summed E-state index contributed by atoms with van der Waals surface area (Å²) in [6, 6.07) is 0. The molecule has 1 aliphatic heterocycles. The van der Waals surface area contributed by atoms with Gasteiger partial charge in [-0.25, -0.2) is 4.98 Å². The third-order valence-electron chi connectivity index (χ3n) is 3.29. The lowest BCUT2D eigenvalue weighted by atomic mass is 9.96. The Kier molecular flexibility index (Phi) is 3.06. The molecule has 5 heteroatoms. The van der Waals surface area contributed by atoms with Gasteiger partial charge >= 0.3 is 0 Å². The number of ether oxygens (including phenoxy) is 2. The van der Waals surface area contributed by atoms with Gasteiger partial charge < -0.3 is 14.8 Å².